The van der Waals surface area contributed by atoms with Gasteiger partial charge in [0.25, 0.3) is 0 Å². The molecule has 19 heavy (non-hydrogen) atoms. The van der Waals surface area contributed by atoms with E-state index in [9.17, 15) is 8.42 Å². The molecule has 0 aromatic heterocycles. The van der Waals surface area contributed by atoms with Gasteiger partial charge in [-0.15, -0.1) is 0 Å². The van der Waals surface area contributed by atoms with Crippen LogP contribution in [0.1, 0.15) is 18.1 Å². The van der Waals surface area contributed by atoms with Crippen molar-refractivity contribution in [1.29, 1.82) is 0 Å². The van der Waals surface area contributed by atoms with Crippen molar-refractivity contribution < 1.29 is 8.42 Å². The maximum absolute atomic E-state index is 11.7. The number of nitrogens with zero attached hydrogens (tertiary/aromatic N) is 1. The summed E-state index contributed by atoms with van der Waals surface area (Å²) >= 11 is 0. The van der Waals surface area contributed by atoms with Crippen LogP contribution in [0.3, 0.4) is 0 Å². The molecule has 2 aliphatic rings. The van der Waals surface area contributed by atoms with Crippen molar-refractivity contribution in [1.82, 2.24) is 5.32 Å². The zero-order valence-electron chi connectivity index (χ0n) is 11.2. The topological polar surface area (TPSA) is 49.4 Å². The van der Waals surface area contributed by atoms with Gasteiger partial charge in [-0.1, -0.05) is 12.1 Å². The van der Waals surface area contributed by atoms with Gasteiger partial charge in [0.2, 0.25) is 0 Å². The second-order valence-corrected chi connectivity index (χ2v) is 7.73. The molecule has 1 saturated heterocycles. The molecular formula is C14H20N2O2S. The predicted molar refractivity (Wildman–Crippen MR) is 77.3 cm³/mol. The molecule has 0 radical (unpaired) electrons. The molecule has 1 atom stereocenters. The normalized spacial score (nSPS) is 25.9. The molecule has 0 aliphatic carbocycles. The molecule has 2 heterocycles. The number of hydrogen-bond donors (Lipinski definition) is 1. The maximum Gasteiger partial charge on any atom is 0.154 e. The lowest BCUT2D eigenvalue weighted by atomic mass is 9.98. The van der Waals surface area contributed by atoms with E-state index in [4.69, 9.17) is 0 Å². The fourth-order valence-corrected chi connectivity index (χ4v) is 4.68. The standard InChI is InChI=1S/C14H20N2O2S/c1-11-10-19(17,18)8-7-16(11)14-4-2-3-12-5-6-15-9-13(12)14/h2-4,11,15H,5-10H2,1H3. The molecule has 1 aromatic rings. The molecule has 1 N–H and O–H groups in total. The molecular weight excluding hydrogens is 260 g/mol. The Hall–Kier alpha value is -1.07. The van der Waals surface area contributed by atoms with E-state index in [0.717, 1.165) is 19.5 Å². The summed E-state index contributed by atoms with van der Waals surface area (Å²) in [5.74, 6) is 0.540. The second kappa shape index (κ2) is 4.80. The van der Waals surface area contributed by atoms with E-state index in [0.29, 0.717) is 6.54 Å². The molecule has 3 rings (SSSR count). The Morgan fingerprint density at radius 1 is 1.37 bits per heavy atom. The number of nitrogens with one attached hydrogen (secondary N) is 1. The Balaban J connectivity index is 1.95. The van der Waals surface area contributed by atoms with Crippen molar-refractivity contribution in [2.45, 2.75) is 25.9 Å². The average molecular weight is 280 g/mol. The highest BCUT2D eigenvalue weighted by molar-refractivity contribution is 7.91. The molecule has 5 heteroatoms. The number of benzene rings is 1. The van der Waals surface area contributed by atoms with E-state index in [-0.39, 0.29) is 17.5 Å². The molecule has 2 aliphatic heterocycles. The largest absolute Gasteiger partial charge is 0.367 e. The quantitative estimate of drug-likeness (QED) is 0.832. The van der Waals surface area contributed by atoms with Crippen LogP contribution in [-0.4, -0.2) is 39.1 Å². The van der Waals surface area contributed by atoms with Crippen LogP contribution in [0.15, 0.2) is 18.2 Å². The van der Waals surface area contributed by atoms with Crippen molar-refractivity contribution in [2.24, 2.45) is 0 Å². The van der Waals surface area contributed by atoms with Crippen molar-refractivity contribution in [3.63, 3.8) is 0 Å². The summed E-state index contributed by atoms with van der Waals surface area (Å²) in [7, 11) is -2.85. The first-order valence-electron chi connectivity index (χ1n) is 6.85. The van der Waals surface area contributed by atoms with Gasteiger partial charge in [0.1, 0.15) is 0 Å². The Morgan fingerprint density at radius 2 is 2.21 bits per heavy atom. The van der Waals surface area contributed by atoms with Crippen LogP contribution >= 0.6 is 0 Å². The van der Waals surface area contributed by atoms with Gasteiger partial charge < -0.3 is 10.2 Å². The van der Waals surface area contributed by atoms with Gasteiger partial charge in [-0.2, -0.15) is 0 Å². The van der Waals surface area contributed by atoms with Gasteiger partial charge in [0.15, 0.2) is 9.84 Å². The first kappa shape index (κ1) is 12.9. The van der Waals surface area contributed by atoms with Crippen LogP contribution in [0.5, 0.6) is 0 Å². The summed E-state index contributed by atoms with van der Waals surface area (Å²) in [4.78, 5) is 2.26. The van der Waals surface area contributed by atoms with Crippen LogP contribution in [0.2, 0.25) is 0 Å². The summed E-state index contributed by atoms with van der Waals surface area (Å²) in [6.07, 6.45) is 1.06. The first-order valence-corrected chi connectivity index (χ1v) is 8.67. The van der Waals surface area contributed by atoms with Crippen LogP contribution in [0.4, 0.5) is 5.69 Å². The first-order chi connectivity index (χ1) is 9.07. The minimum Gasteiger partial charge on any atom is -0.367 e. The minimum absolute atomic E-state index is 0.0622. The summed E-state index contributed by atoms with van der Waals surface area (Å²) in [5.41, 5.74) is 3.96. The molecule has 104 valence electrons. The van der Waals surface area contributed by atoms with Crippen molar-refractivity contribution in [3.05, 3.63) is 29.3 Å². The SMILES string of the molecule is CC1CS(=O)(=O)CCN1c1cccc2c1CNCC2. The fourth-order valence-electron chi connectivity index (χ4n) is 3.12. The van der Waals surface area contributed by atoms with Gasteiger partial charge >= 0.3 is 0 Å². The van der Waals surface area contributed by atoms with Crippen molar-refractivity contribution in [2.75, 3.05) is 29.5 Å². The van der Waals surface area contributed by atoms with Gasteiger partial charge in [0, 0.05) is 24.8 Å². The lowest BCUT2D eigenvalue weighted by Crippen LogP contribution is -2.47. The number of fused-ring (bicyclic) bond motifs is 1. The third-order valence-corrected chi connectivity index (χ3v) is 5.90. The van der Waals surface area contributed by atoms with Gasteiger partial charge in [-0.05, 0) is 37.1 Å². The highest BCUT2D eigenvalue weighted by Gasteiger charge is 2.30. The molecule has 0 bridgehead atoms. The number of hydrogen-bond acceptors (Lipinski definition) is 4. The van der Waals surface area contributed by atoms with E-state index in [1.54, 1.807) is 0 Å². The molecule has 1 fully saturated rings. The van der Waals surface area contributed by atoms with Crippen LogP contribution in [0.25, 0.3) is 0 Å². The smallest absolute Gasteiger partial charge is 0.154 e. The van der Waals surface area contributed by atoms with E-state index < -0.39 is 9.84 Å². The minimum atomic E-state index is -2.85. The summed E-state index contributed by atoms with van der Waals surface area (Å²) in [6, 6.07) is 6.47. The summed E-state index contributed by atoms with van der Waals surface area (Å²) < 4.78 is 23.4. The van der Waals surface area contributed by atoms with Crippen molar-refractivity contribution >= 4 is 15.5 Å². The highest BCUT2D eigenvalue weighted by atomic mass is 32.2. The third-order valence-electron chi connectivity index (χ3n) is 4.10. The van der Waals surface area contributed by atoms with Crippen LogP contribution in [-0.2, 0) is 22.8 Å². The van der Waals surface area contributed by atoms with Gasteiger partial charge in [0.05, 0.1) is 11.5 Å². The maximum atomic E-state index is 11.7. The van der Waals surface area contributed by atoms with Crippen LogP contribution in [0, 0.1) is 0 Å². The zero-order chi connectivity index (χ0) is 13.5. The Labute approximate surface area is 114 Å². The van der Waals surface area contributed by atoms with Gasteiger partial charge in [-0.3, -0.25) is 0 Å². The Kier molecular flexibility index (Phi) is 3.27. The lowest BCUT2D eigenvalue weighted by molar-refractivity contribution is 0.566. The Morgan fingerprint density at radius 3 is 3.00 bits per heavy atom. The lowest BCUT2D eigenvalue weighted by Gasteiger charge is -2.37. The summed E-state index contributed by atoms with van der Waals surface area (Å²) in [5, 5.41) is 3.41. The summed E-state index contributed by atoms with van der Waals surface area (Å²) in [6.45, 7) is 4.54. The van der Waals surface area contributed by atoms with E-state index in [2.05, 4.69) is 28.4 Å². The van der Waals surface area contributed by atoms with E-state index >= 15 is 0 Å². The van der Waals surface area contributed by atoms with Gasteiger partial charge in [-0.25, -0.2) is 8.42 Å². The van der Waals surface area contributed by atoms with E-state index in [1.165, 1.54) is 16.8 Å². The van der Waals surface area contributed by atoms with E-state index in [1.807, 2.05) is 6.92 Å². The Bertz CT molecular complexity index is 583. The molecule has 1 aromatic carbocycles. The number of sulfone groups is 1. The molecule has 4 nitrogen and oxygen atoms in total. The monoisotopic (exact) mass is 280 g/mol. The number of anilines is 1. The molecule has 1 unspecified atom stereocenters. The second-order valence-electron chi connectivity index (χ2n) is 5.50. The highest BCUT2D eigenvalue weighted by Crippen LogP contribution is 2.29. The fraction of sp³-hybridized carbons (Fsp3) is 0.571. The third kappa shape index (κ3) is 2.49. The molecule has 0 amide bonds. The predicted octanol–water partition coefficient (Wildman–Crippen LogP) is 0.956. The number of rotatable bonds is 1. The van der Waals surface area contributed by atoms with Crippen LogP contribution < -0.4 is 10.2 Å². The zero-order valence-corrected chi connectivity index (χ0v) is 12.0. The molecule has 0 saturated carbocycles. The molecule has 0 spiro atoms. The average Bonchev–Trinajstić information content (AvgIpc) is 2.37. The van der Waals surface area contributed by atoms with Crippen molar-refractivity contribution in [3.8, 4) is 0 Å².